The maximum absolute atomic E-state index is 9.99. The lowest BCUT2D eigenvalue weighted by atomic mass is 10.00. The van der Waals surface area contributed by atoms with Gasteiger partial charge in [-0.1, -0.05) is 84.9 Å². The number of nitriles is 2. The van der Waals surface area contributed by atoms with Crippen molar-refractivity contribution in [2.75, 3.05) is 0 Å². The summed E-state index contributed by atoms with van der Waals surface area (Å²) >= 11 is 0. The van der Waals surface area contributed by atoms with E-state index in [-0.39, 0.29) is 0 Å². The standard InChI is InChI=1S/C50H29N5/c51-30-32-17-24-48(55-47-16-8-4-11-39(47)42-28-33(31-52)18-25-50(42)55)41(27-32)34-19-21-35(22-20-34)53-46-15-7-3-12-40(46)43-29-36(23-26-49(43)53)54-44-13-5-1-9-37(44)38-10-2-6-14-45(38)54/h1-29H. The van der Waals surface area contributed by atoms with Crippen LogP contribution >= 0.6 is 0 Å². The molecule has 0 amide bonds. The molecule has 8 aromatic carbocycles. The van der Waals surface area contributed by atoms with Crippen LogP contribution in [0.25, 0.3) is 93.6 Å². The van der Waals surface area contributed by atoms with Gasteiger partial charge in [0.2, 0.25) is 0 Å². The van der Waals surface area contributed by atoms with E-state index in [0.717, 1.165) is 61.0 Å². The monoisotopic (exact) mass is 699 g/mol. The molecule has 0 atom stereocenters. The summed E-state index contributed by atoms with van der Waals surface area (Å²) in [5.41, 5.74) is 13.0. The predicted octanol–water partition coefficient (Wildman–Crippen LogP) is 12.4. The second-order valence-corrected chi connectivity index (χ2v) is 14.0. The Kier molecular flexibility index (Phi) is 6.61. The van der Waals surface area contributed by atoms with Crippen LogP contribution in [0.15, 0.2) is 176 Å². The molecule has 0 saturated carbocycles. The van der Waals surface area contributed by atoms with Gasteiger partial charge in [-0.25, -0.2) is 0 Å². The number of rotatable bonds is 4. The molecule has 0 aliphatic carbocycles. The minimum absolute atomic E-state index is 0.594. The van der Waals surface area contributed by atoms with Gasteiger partial charge < -0.3 is 13.7 Å². The first-order valence-electron chi connectivity index (χ1n) is 18.3. The van der Waals surface area contributed by atoms with Crippen LogP contribution in [0, 0.1) is 22.7 Å². The Morgan fingerprint density at radius 1 is 0.327 bits per heavy atom. The summed E-state index contributed by atoms with van der Waals surface area (Å²) in [5.74, 6) is 0. The first kappa shape index (κ1) is 30.7. The molecule has 3 aromatic heterocycles. The number of benzene rings is 8. The first-order chi connectivity index (χ1) is 27.2. The van der Waals surface area contributed by atoms with E-state index in [1.807, 2.05) is 48.5 Å². The Bertz CT molecular complexity index is 3400. The quantitative estimate of drug-likeness (QED) is 0.184. The molecule has 0 N–H and O–H groups in total. The van der Waals surface area contributed by atoms with Gasteiger partial charge in [0.05, 0.1) is 62.1 Å². The molecule has 5 heteroatoms. The fraction of sp³-hybridized carbons (Fsp3) is 0. The molecule has 0 saturated heterocycles. The predicted molar refractivity (Wildman–Crippen MR) is 224 cm³/mol. The molecular formula is C50H29N5. The first-order valence-corrected chi connectivity index (χ1v) is 18.3. The highest BCUT2D eigenvalue weighted by atomic mass is 15.0. The highest BCUT2D eigenvalue weighted by Gasteiger charge is 2.19. The average molecular weight is 700 g/mol. The number of aromatic nitrogens is 3. The highest BCUT2D eigenvalue weighted by molar-refractivity contribution is 6.13. The van der Waals surface area contributed by atoms with E-state index < -0.39 is 0 Å². The molecular weight excluding hydrogens is 671 g/mol. The zero-order chi connectivity index (χ0) is 36.6. The van der Waals surface area contributed by atoms with Crippen LogP contribution in [-0.4, -0.2) is 13.7 Å². The number of para-hydroxylation sites is 4. The van der Waals surface area contributed by atoms with Crippen LogP contribution in [0.2, 0.25) is 0 Å². The Labute approximate surface area is 316 Å². The lowest BCUT2D eigenvalue weighted by molar-refractivity contribution is 1.16. The van der Waals surface area contributed by atoms with Crippen LogP contribution < -0.4 is 0 Å². The van der Waals surface area contributed by atoms with Crippen LogP contribution in [0.5, 0.6) is 0 Å². The summed E-state index contributed by atoms with van der Waals surface area (Å²) < 4.78 is 6.96. The summed E-state index contributed by atoms with van der Waals surface area (Å²) in [7, 11) is 0. The molecule has 55 heavy (non-hydrogen) atoms. The number of fused-ring (bicyclic) bond motifs is 9. The van der Waals surface area contributed by atoms with Gasteiger partial charge in [0.15, 0.2) is 0 Å². The molecule has 0 radical (unpaired) electrons. The summed E-state index contributed by atoms with van der Waals surface area (Å²) in [5, 5.41) is 26.6. The number of hydrogen-bond donors (Lipinski definition) is 0. The third kappa shape index (κ3) is 4.51. The van der Waals surface area contributed by atoms with Gasteiger partial charge in [0.1, 0.15) is 0 Å². The summed E-state index contributed by atoms with van der Waals surface area (Å²) in [6.45, 7) is 0. The zero-order valence-electron chi connectivity index (χ0n) is 29.5. The molecule has 0 unspecified atom stereocenters. The molecule has 0 aliphatic heterocycles. The fourth-order valence-corrected chi connectivity index (χ4v) is 8.70. The van der Waals surface area contributed by atoms with Crippen LogP contribution in [0.4, 0.5) is 0 Å². The highest BCUT2D eigenvalue weighted by Crippen LogP contribution is 2.39. The molecule has 11 rings (SSSR count). The molecule has 11 aromatic rings. The normalized spacial score (nSPS) is 11.6. The molecule has 3 heterocycles. The molecule has 254 valence electrons. The third-order valence-corrected chi connectivity index (χ3v) is 11.1. The lowest BCUT2D eigenvalue weighted by Crippen LogP contribution is -1.99. The molecule has 0 aliphatic rings. The largest absolute Gasteiger partial charge is 0.309 e. The van der Waals surface area contributed by atoms with Crippen molar-refractivity contribution in [3.05, 3.63) is 187 Å². The lowest BCUT2D eigenvalue weighted by Gasteiger charge is -2.15. The molecule has 0 fully saturated rings. The van der Waals surface area contributed by atoms with Crippen molar-refractivity contribution in [3.8, 4) is 40.3 Å². The summed E-state index contributed by atoms with van der Waals surface area (Å²) in [6.07, 6.45) is 0. The van der Waals surface area contributed by atoms with E-state index in [2.05, 4.69) is 153 Å². The van der Waals surface area contributed by atoms with Crippen molar-refractivity contribution in [1.82, 2.24) is 13.7 Å². The van der Waals surface area contributed by atoms with Gasteiger partial charge in [-0.05, 0) is 96.6 Å². The number of nitrogens with zero attached hydrogens (tertiary/aromatic N) is 5. The maximum atomic E-state index is 9.99. The Morgan fingerprint density at radius 3 is 1.35 bits per heavy atom. The van der Waals surface area contributed by atoms with Crippen LogP contribution in [0.1, 0.15) is 11.1 Å². The van der Waals surface area contributed by atoms with E-state index in [1.165, 1.54) is 32.6 Å². The SMILES string of the molecule is N#Cc1ccc(-n2c3ccccc3c3cc(C#N)ccc32)c(-c2ccc(-n3c4ccccc4c4cc(-n5c6ccccc6c6ccccc65)ccc43)cc2)c1. The number of hydrogen-bond acceptors (Lipinski definition) is 2. The van der Waals surface area contributed by atoms with E-state index in [1.54, 1.807) is 0 Å². The van der Waals surface area contributed by atoms with E-state index in [0.29, 0.717) is 11.1 Å². The second-order valence-electron chi connectivity index (χ2n) is 14.0. The average Bonchev–Trinajstić information content (AvgIpc) is 3.89. The van der Waals surface area contributed by atoms with E-state index in [9.17, 15) is 10.5 Å². The van der Waals surface area contributed by atoms with E-state index in [4.69, 9.17) is 0 Å². The van der Waals surface area contributed by atoms with Gasteiger partial charge in [0, 0.05) is 49.3 Å². The van der Waals surface area contributed by atoms with Crippen molar-refractivity contribution in [2.24, 2.45) is 0 Å². The molecule has 5 nitrogen and oxygen atoms in total. The van der Waals surface area contributed by atoms with Gasteiger partial charge in [-0.15, -0.1) is 0 Å². The smallest absolute Gasteiger partial charge is 0.0991 e. The van der Waals surface area contributed by atoms with Gasteiger partial charge in [-0.3, -0.25) is 0 Å². The maximum Gasteiger partial charge on any atom is 0.0991 e. The fourth-order valence-electron chi connectivity index (χ4n) is 8.70. The molecule has 0 spiro atoms. The van der Waals surface area contributed by atoms with Crippen molar-refractivity contribution < 1.29 is 0 Å². The van der Waals surface area contributed by atoms with Crippen LogP contribution in [-0.2, 0) is 0 Å². The second kappa shape index (κ2) is 11.8. The minimum atomic E-state index is 0.594. The minimum Gasteiger partial charge on any atom is -0.309 e. The topological polar surface area (TPSA) is 62.4 Å². The van der Waals surface area contributed by atoms with Crippen molar-refractivity contribution in [3.63, 3.8) is 0 Å². The Hall–Kier alpha value is -7.86. The van der Waals surface area contributed by atoms with Gasteiger partial charge >= 0.3 is 0 Å². The zero-order valence-corrected chi connectivity index (χ0v) is 29.5. The van der Waals surface area contributed by atoms with Crippen molar-refractivity contribution >= 4 is 65.4 Å². The third-order valence-electron chi connectivity index (χ3n) is 11.1. The summed E-state index contributed by atoms with van der Waals surface area (Å²) in [6, 6.07) is 66.0. The van der Waals surface area contributed by atoms with Crippen molar-refractivity contribution in [2.45, 2.75) is 0 Å². The van der Waals surface area contributed by atoms with Gasteiger partial charge in [0.25, 0.3) is 0 Å². The summed E-state index contributed by atoms with van der Waals surface area (Å²) in [4.78, 5) is 0. The Morgan fingerprint density at radius 2 is 0.745 bits per heavy atom. The van der Waals surface area contributed by atoms with E-state index >= 15 is 0 Å². The van der Waals surface area contributed by atoms with Crippen molar-refractivity contribution in [1.29, 1.82) is 10.5 Å². The molecule has 0 bridgehead atoms. The van der Waals surface area contributed by atoms with Gasteiger partial charge in [-0.2, -0.15) is 10.5 Å². The van der Waals surface area contributed by atoms with Crippen LogP contribution in [0.3, 0.4) is 0 Å². The Balaban J connectivity index is 1.08.